The molecule has 0 saturated heterocycles. The second-order valence-corrected chi connectivity index (χ2v) is 8.21. The topological polar surface area (TPSA) is 66.0 Å². The summed E-state index contributed by atoms with van der Waals surface area (Å²) in [5, 5.41) is 2.94. The highest BCUT2D eigenvalue weighted by molar-refractivity contribution is 9.10. The summed E-state index contributed by atoms with van der Waals surface area (Å²) in [7, 11) is 3.15. The highest BCUT2D eigenvalue weighted by atomic mass is 79.9. The molecule has 0 aromatic heterocycles. The van der Waals surface area contributed by atoms with Gasteiger partial charge >= 0.3 is 0 Å². The van der Waals surface area contributed by atoms with Gasteiger partial charge in [0.05, 0.1) is 20.6 Å². The Morgan fingerprint density at radius 2 is 1.72 bits per heavy atom. The third-order valence-electron chi connectivity index (χ3n) is 5.34. The number of fused-ring (bicyclic) bond motifs is 1. The Balaban J connectivity index is 1.45. The van der Waals surface area contributed by atoms with Gasteiger partial charge in [0.1, 0.15) is 0 Å². The maximum Gasteiger partial charge on any atom is 0.251 e. The van der Waals surface area contributed by atoms with E-state index in [1.807, 2.05) is 18.2 Å². The standard InChI is InChI=1S/C22H24BrNO5/c1-26-18-10-14(16(23)13-19(18)27-2)11-21(25)24-15-6-7-17-20(12-15)29-22(28-17)8-4-3-5-9-22/h6-7,10,12-13H,3-5,8-9,11H2,1-2H3,(H,24,25). The fourth-order valence-electron chi connectivity index (χ4n) is 3.88. The number of carbonyl (C=O) groups is 1. The normalized spacial score (nSPS) is 16.5. The van der Waals surface area contributed by atoms with Crippen molar-refractivity contribution in [2.24, 2.45) is 0 Å². The molecule has 6 nitrogen and oxygen atoms in total. The predicted octanol–water partition coefficient (Wildman–Crippen LogP) is 5.08. The van der Waals surface area contributed by atoms with Crippen LogP contribution in [-0.4, -0.2) is 25.9 Å². The quantitative estimate of drug-likeness (QED) is 0.672. The molecule has 1 aliphatic heterocycles. The molecule has 2 aromatic rings. The van der Waals surface area contributed by atoms with Crippen molar-refractivity contribution in [3.63, 3.8) is 0 Å². The lowest BCUT2D eigenvalue weighted by atomic mass is 9.94. The summed E-state index contributed by atoms with van der Waals surface area (Å²) in [6.45, 7) is 0. The Kier molecular flexibility index (Phi) is 5.58. The number of anilines is 1. The van der Waals surface area contributed by atoms with Gasteiger partial charge in [-0.15, -0.1) is 0 Å². The first-order chi connectivity index (χ1) is 14.0. The van der Waals surface area contributed by atoms with Crippen LogP contribution in [-0.2, 0) is 11.2 Å². The smallest absolute Gasteiger partial charge is 0.251 e. The summed E-state index contributed by atoms with van der Waals surface area (Å²) in [6, 6.07) is 9.13. The number of amides is 1. The van der Waals surface area contributed by atoms with E-state index in [2.05, 4.69) is 21.2 Å². The van der Waals surface area contributed by atoms with Gasteiger partial charge in [0.25, 0.3) is 5.79 Å². The second kappa shape index (κ2) is 8.14. The summed E-state index contributed by atoms with van der Waals surface area (Å²) < 4.78 is 23.6. The van der Waals surface area contributed by atoms with Crippen LogP contribution in [0.5, 0.6) is 23.0 Å². The number of carbonyl (C=O) groups excluding carboxylic acids is 1. The summed E-state index contributed by atoms with van der Waals surface area (Å²) in [5.74, 6) is 1.97. The average Bonchev–Trinajstić information content (AvgIpc) is 3.06. The molecular weight excluding hydrogens is 438 g/mol. The first-order valence-corrected chi connectivity index (χ1v) is 10.5. The SMILES string of the molecule is COc1cc(Br)c(CC(=O)Nc2ccc3c(c2)OC2(CCCCC2)O3)cc1OC. The summed E-state index contributed by atoms with van der Waals surface area (Å²) >= 11 is 3.49. The summed E-state index contributed by atoms with van der Waals surface area (Å²) in [6.07, 6.45) is 5.43. The number of benzene rings is 2. The lowest BCUT2D eigenvalue weighted by molar-refractivity contribution is -0.115. The van der Waals surface area contributed by atoms with Gasteiger partial charge < -0.3 is 24.3 Å². The second-order valence-electron chi connectivity index (χ2n) is 7.36. The van der Waals surface area contributed by atoms with Gasteiger partial charge in [-0.05, 0) is 42.7 Å². The van der Waals surface area contributed by atoms with Gasteiger partial charge in [-0.25, -0.2) is 0 Å². The van der Waals surface area contributed by atoms with Crippen LogP contribution in [0.25, 0.3) is 0 Å². The van der Waals surface area contributed by atoms with E-state index >= 15 is 0 Å². The van der Waals surface area contributed by atoms with E-state index < -0.39 is 5.79 Å². The van der Waals surface area contributed by atoms with Crippen LogP contribution in [0.2, 0.25) is 0 Å². The Hall–Kier alpha value is -2.41. The van der Waals surface area contributed by atoms with Crippen molar-refractivity contribution in [1.82, 2.24) is 0 Å². The van der Waals surface area contributed by atoms with Crippen molar-refractivity contribution in [2.75, 3.05) is 19.5 Å². The van der Waals surface area contributed by atoms with Crippen LogP contribution in [0.3, 0.4) is 0 Å². The lowest BCUT2D eigenvalue weighted by Gasteiger charge is -2.31. The number of halogens is 1. The zero-order valence-corrected chi connectivity index (χ0v) is 18.1. The highest BCUT2D eigenvalue weighted by Gasteiger charge is 2.42. The molecule has 0 radical (unpaired) electrons. The van der Waals surface area contributed by atoms with E-state index in [0.29, 0.717) is 22.9 Å². The van der Waals surface area contributed by atoms with Crippen LogP contribution in [0, 0.1) is 0 Å². The minimum atomic E-state index is -0.520. The van der Waals surface area contributed by atoms with Crippen LogP contribution in [0.1, 0.15) is 37.7 Å². The van der Waals surface area contributed by atoms with Gasteiger partial charge in [0.2, 0.25) is 5.91 Å². The molecule has 1 N–H and O–H groups in total. The van der Waals surface area contributed by atoms with Gasteiger partial charge in [-0.2, -0.15) is 0 Å². The van der Waals surface area contributed by atoms with Crippen molar-refractivity contribution in [3.8, 4) is 23.0 Å². The maximum absolute atomic E-state index is 12.6. The van der Waals surface area contributed by atoms with Crippen molar-refractivity contribution < 1.29 is 23.7 Å². The molecular formula is C22H24BrNO5. The fraction of sp³-hybridized carbons (Fsp3) is 0.409. The minimum absolute atomic E-state index is 0.135. The van der Waals surface area contributed by atoms with Crippen molar-refractivity contribution >= 4 is 27.5 Å². The molecule has 1 amide bonds. The predicted molar refractivity (Wildman–Crippen MR) is 113 cm³/mol. The first-order valence-electron chi connectivity index (χ1n) is 9.74. The third-order valence-corrected chi connectivity index (χ3v) is 6.08. The first kappa shape index (κ1) is 19.9. The van der Waals surface area contributed by atoms with E-state index in [-0.39, 0.29) is 12.3 Å². The van der Waals surface area contributed by atoms with Gasteiger partial charge in [0, 0.05) is 29.1 Å². The summed E-state index contributed by atoms with van der Waals surface area (Å²) in [5.41, 5.74) is 1.49. The van der Waals surface area contributed by atoms with Gasteiger partial charge in [-0.1, -0.05) is 22.4 Å². The Morgan fingerprint density at radius 3 is 2.45 bits per heavy atom. The molecule has 154 valence electrons. The van der Waals surface area contributed by atoms with Crippen LogP contribution >= 0.6 is 15.9 Å². The zero-order chi connectivity index (χ0) is 20.4. The van der Waals surface area contributed by atoms with E-state index in [9.17, 15) is 4.79 Å². The molecule has 2 aliphatic rings. The maximum atomic E-state index is 12.6. The molecule has 1 aliphatic carbocycles. The summed E-state index contributed by atoms with van der Waals surface area (Å²) in [4.78, 5) is 12.6. The Labute approximate surface area is 178 Å². The molecule has 1 fully saturated rings. The number of nitrogens with one attached hydrogen (secondary N) is 1. The monoisotopic (exact) mass is 461 g/mol. The number of methoxy groups -OCH3 is 2. The Morgan fingerprint density at radius 1 is 1.03 bits per heavy atom. The van der Waals surface area contributed by atoms with E-state index in [4.69, 9.17) is 18.9 Å². The lowest BCUT2D eigenvalue weighted by Crippen LogP contribution is -2.40. The number of rotatable bonds is 5. The number of ether oxygens (including phenoxy) is 4. The Bertz CT molecular complexity index is 924. The molecule has 0 atom stereocenters. The third kappa shape index (κ3) is 4.15. The average molecular weight is 462 g/mol. The molecule has 1 saturated carbocycles. The molecule has 7 heteroatoms. The minimum Gasteiger partial charge on any atom is -0.493 e. The molecule has 4 rings (SSSR count). The largest absolute Gasteiger partial charge is 0.493 e. The highest BCUT2D eigenvalue weighted by Crippen LogP contribution is 2.46. The van der Waals surface area contributed by atoms with Gasteiger partial charge in [0.15, 0.2) is 23.0 Å². The van der Waals surface area contributed by atoms with Gasteiger partial charge in [-0.3, -0.25) is 4.79 Å². The van der Waals surface area contributed by atoms with Crippen molar-refractivity contribution in [3.05, 3.63) is 40.4 Å². The molecule has 1 spiro atoms. The van der Waals surface area contributed by atoms with E-state index in [1.165, 1.54) is 6.42 Å². The van der Waals surface area contributed by atoms with Crippen LogP contribution in [0.4, 0.5) is 5.69 Å². The van der Waals surface area contributed by atoms with Crippen LogP contribution < -0.4 is 24.3 Å². The molecule has 29 heavy (non-hydrogen) atoms. The molecule has 0 bridgehead atoms. The van der Waals surface area contributed by atoms with Crippen molar-refractivity contribution in [1.29, 1.82) is 0 Å². The van der Waals surface area contributed by atoms with Crippen LogP contribution in [0.15, 0.2) is 34.8 Å². The molecule has 1 heterocycles. The van der Waals surface area contributed by atoms with E-state index in [1.54, 1.807) is 26.4 Å². The molecule has 2 aromatic carbocycles. The zero-order valence-electron chi connectivity index (χ0n) is 16.5. The van der Waals surface area contributed by atoms with Crippen molar-refractivity contribution in [2.45, 2.75) is 44.3 Å². The fourth-order valence-corrected chi connectivity index (χ4v) is 4.34. The molecule has 0 unspecified atom stereocenters. The number of hydrogen-bond acceptors (Lipinski definition) is 5. The number of hydrogen-bond donors (Lipinski definition) is 1. The van der Waals surface area contributed by atoms with E-state index in [0.717, 1.165) is 41.5 Å².